The average molecular weight is 382 g/mol. The van der Waals surface area contributed by atoms with Crippen LogP contribution in [0.1, 0.15) is 11.1 Å². The van der Waals surface area contributed by atoms with Crippen LogP contribution in [0.5, 0.6) is 0 Å². The maximum atomic E-state index is 12.9. The molecule has 0 unspecified atom stereocenters. The average Bonchev–Trinajstić information content (AvgIpc) is 2.59. The first-order valence-corrected chi connectivity index (χ1v) is 7.63. The fourth-order valence-electron chi connectivity index (χ4n) is 3.03. The molecule has 0 amide bonds. The van der Waals surface area contributed by atoms with Crippen molar-refractivity contribution in [1.82, 2.24) is 0 Å². The van der Waals surface area contributed by atoms with Gasteiger partial charge in [-0.3, -0.25) is 4.79 Å². The third-order valence-electron chi connectivity index (χ3n) is 4.31. The van der Waals surface area contributed by atoms with Crippen molar-refractivity contribution in [1.29, 1.82) is 0 Å². The van der Waals surface area contributed by atoms with E-state index in [1.54, 1.807) is 0 Å². The molecule has 0 atom stereocenters. The smallest absolute Gasteiger partial charge is 0.416 e. The van der Waals surface area contributed by atoms with Gasteiger partial charge in [-0.15, -0.1) is 0 Å². The summed E-state index contributed by atoms with van der Waals surface area (Å²) in [7, 11) is 0. The molecule has 3 aromatic carbocycles. The predicted octanol–water partition coefficient (Wildman–Crippen LogP) is 6.14. The lowest BCUT2D eigenvalue weighted by molar-refractivity contribution is -0.138. The molecule has 0 saturated heterocycles. The Bertz CT molecular complexity index is 1270. The van der Waals surface area contributed by atoms with Gasteiger partial charge in [0.1, 0.15) is 11.2 Å². The Morgan fingerprint density at radius 3 is 1.93 bits per heavy atom. The van der Waals surface area contributed by atoms with Gasteiger partial charge in [-0.1, -0.05) is 12.1 Å². The highest BCUT2D eigenvalue weighted by Gasteiger charge is 2.32. The Morgan fingerprint density at radius 1 is 0.667 bits per heavy atom. The van der Waals surface area contributed by atoms with Gasteiger partial charge in [-0.05, 0) is 47.2 Å². The van der Waals surface area contributed by atoms with Crippen molar-refractivity contribution in [2.75, 3.05) is 0 Å². The quantitative estimate of drug-likeness (QED) is 0.208. The van der Waals surface area contributed by atoms with E-state index in [2.05, 4.69) is 0 Å². The largest absolute Gasteiger partial charge is 0.456 e. The first-order valence-electron chi connectivity index (χ1n) is 7.63. The highest BCUT2D eigenvalue weighted by Crippen LogP contribution is 2.35. The summed E-state index contributed by atoms with van der Waals surface area (Å²) < 4.78 is 83.0. The lowest BCUT2D eigenvalue weighted by Gasteiger charge is -2.10. The number of alkyl halides is 6. The number of halogens is 6. The molecule has 0 aliphatic rings. The lowest BCUT2D eigenvalue weighted by Crippen LogP contribution is -2.08. The van der Waals surface area contributed by atoms with E-state index in [-0.39, 0.29) is 32.7 Å². The molecule has 0 radical (unpaired) electrons. The zero-order valence-electron chi connectivity index (χ0n) is 13.2. The Hall–Kier alpha value is -3.03. The molecule has 0 bridgehead atoms. The van der Waals surface area contributed by atoms with E-state index in [0.717, 1.165) is 30.3 Å². The fraction of sp³-hybridized carbons (Fsp3) is 0.105. The van der Waals surface area contributed by atoms with Crippen molar-refractivity contribution in [3.8, 4) is 0 Å². The molecule has 1 heterocycles. The molecule has 0 saturated carbocycles. The summed E-state index contributed by atoms with van der Waals surface area (Å²) in [5, 5.41) is -0.0396. The van der Waals surface area contributed by atoms with Crippen LogP contribution in [0.15, 0.2) is 57.7 Å². The molecule has 0 aliphatic heterocycles. The number of fused-ring (bicyclic) bond motifs is 4. The summed E-state index contributed by atoms with van der Waals surface area (Å²) in [4.78, 5) is 12.8. The summed E-state index contributed by atoms with van der Waals surface area (Å²) in [5.41, 5.74) is -2.59. The van der Waals surface area contributed by atoms with Crippen LogP contribution in [0, 0.1) is 0 Å². The first kappa shape index (κ1) is 17.4. The Labute approximate surface area is 146 Å². The maximum absolute atomic E-state index is 12.9. The van der Waals surface area contributed by atoms with E-state index in [1.807, 2.05) is 0 Å². The molecule has 0 aliphatic carbocycles. The summed E-state index contributed by atoms with van der Waals surface area (Å²) in [6.45, 7) is 0. The van der Waals surface area contributed by atoms with E-state index in [1.165, 1.54) is 12.1 Å². The molecule has 138 valence electrons. The van der Waals surface area contributed by atoms with Gasteiger partial charge < -0.3 is 4.42 Å². The van der Waals surface area contributed by atoms with E-state index in [9.17, 15) is 31.1 Å². The van der Waals surface area contributed by atoms with E-state index in [4.69, 9.17) is 4.42 Å². The molecular formula is C19H8F6O2. The number of benzene rings is 3. The Morgan fingerprint density at radius 2 is 1.26 bits per heavy atom. The van der Waals surface area contributed by atoms with Gasteiger partial charge in [0.25, 0.3) is 0 Å². The number of hydrogen-bond donors (Lipinski definition) is 0. The van der Waals surface area contributed by atoms with Crippen molar-refractivity contribution >= 4 is 32.7 Å². The van der Waals surface area contributed by atoms with Gasteiger partial charge in [0.15, 0.2) is 0 Å². The third kappa shape index (κ3) is 2.81. The van der Waals surface area contributed by atoms with Gasteiger partial charge in [0.05, 0.1) is 21.9 Å². The molecule has 27 heavy (non-hydrogen) atoms. The highest BCUT2D eigenvalue weighted by molar-refractivity contribution is 6.08. The Balaban J connectivity index is 2.09. The van der Waals surface area contributed by atoms with Crippen LogP contribution < -0.4 is 5.43 Å². The van der Waals surface area contributed by atoms with Crippen LogP contribution in [0.2, 0.25) is 0 Å². The predicted molar refractivity (Wildman–Crippen MR) is 87.5 cm³/mol. The van der Waals surface area contributed by atoms with Crippen LogP contribution in [-0.4, -0.2) is 0 Å². The molecule has 1 aromatic heterocycles. The Kier molecular flexibility index (Phi) is 3.53. The van der Waals surface area contributed by atoms with Crippen LogP contribution in [0.4, 0.5) is 26.3 Å². The van der Waals surface area contributed by atoms with Crippen molar-refractivity contribution in [3.05, 3.63) is 69.9 Å². The highest BCUT2D eigenvalue weighted by atomic mass is 19.4. The lowest BCUT2D eigenvalue weighted by atomic mass is 10.0. The number of hydrogen-bond acceptors (Lipinski definition) is 2. The van der Waals surface area contributed by atoms with Crippen LogP contribution in [-0.2, 0) is 12.4 Å². The van der Waals surface area contributed by atoms with E-state index < -0.39 is 28.9 Å². The van der Waals surface area contributed by atoms with Crippen LogP contribution >= 0.6 is 0 Å². The second-order valence-electron chi connectivity index (χ2n) is 6.01. The molecule has 0 fully saturated rings. The topological polar surface area (TPSA) is 30.2 Å². The molecule has 8 heteroatoms. The number of rotatable bonds is 0. The van der Waals surface area contributed by atoms with Crippen molar-refractivity contribution < 1.29 is 30.8 Å². The molecule has 4 aromatic rings. The SMILES string of the molecule is O=c1c2cc(C(F)(F)F)ccc2oc2ccc3cc(C(F)(F)F)ccc3c12. The van der Waals surface area contributed by atoms with Gasteiger partial charge in [0.2, 0.25) is 5.43 Å². The first-order chi connectivity index (χ1) is 12.6. The standard InChI is InChI=1S/C19H8F6O2/c20-18(21,22)10-2-4-12-9(7-10)1-5-15-16(12)17(26)13-8-11(19(23,24)25)3-6-14(13)27-15/h1-8H. The monoisotopic (exact) mass is 382 g/mol. The second kappa shape index (κ2) is 5.48. The summed E-state index contributed by atoms with van der Waals surface area (Å²) in [6.07, 6.45) is -9.20. The van der Waals surface area contributed by atoms with Crippen molar-refractivity contribution in [2.45, 2.75) is 12.4 Å². The minimum atomic E-state index is -4.64. The van der Waals surface area contributed by atoms with Gasteiger partial charge >= 0.3 is 12.4 Å². The van der Waals surface area contributed by atoms with E-state index in [0.29, 0.717) is 6.07 Å². The summed E-state index contributed by atoms with van der Waals surface area (Å²) >= 11 is 0. The molecule has 2 nitrogen and oxygen atoms in total. The zero-order valence-corrected chi connectivity index (χ0v) is 13.2. The van der Waals surface area contributed by atoms with Crippen LogP contribution in [0.25, 0.3) is 32.7 Å². The molecular weight excluding hydrogens is 374 g/mol. The van der Waals surface area contributed by atoms with Crippen molar-refractivity contribution in [2.24, 2.45) is 0 Å². The minimum absolute atomic E-state index is 0.0354. The van der Waals surface area contributed by atoms with Crippen molar-refractivity contribution in [3.63, 3.8) is 0 Å². The fourth-order valence-corrected chi connectivity index (χ4v) is 3.03. The van der Waals surface area contributed by atoms with Gasteiger partial charge in [0, 0.05) is 0 Å². The van der Waals surface area contributed by atoms with Gasteiger partial charge in [-0.2, -0.15) is 26.3 Å². The molecule has 0 spiro atoms. The molecule has 0 N–H and O–H groups in total. The van der Waals surface area contributed by atoms with Crippen LogP contribution in [0.3, 0.4) is 0 Å². The summed E-state index contributed by atoms with van der Waals surface area (Å²) in [6, 6.07) is 8.05. The minimum Gasteiger partial charge on any atom is -0.456 e. The van der Waals surface area contributed by atoms with E-state index >= 15 is 0 Å². The summed E-state index contributed by atoms with van der Waals surface area (Å²) in [5.74, 6) is 0. The normalized spacial score (nSPS) is 13.0. The third-order valence-corrected chi connectivity index (χ3v) is 4.31. The second-order valence-corrected chi connectivity index (χ2v) is 6.01. The molecule has 4 rings (SSSR count). The maximum Gasteiger partial charge on any atom is 0.416 e. The van der Waals surface area contributed by atoms with Gasteiger partial charge in [-0.25, -0.2) is 0 Å². The zero-order chi connectivity index (χ0) is 19.6.